The van der Waals surface area contributed by atoms with Crippen LogP contribution >= 0.6 is 12.4 Å². The van der Waals surface area contributed by atoms with E-state index >= 15 is 0 Å². The van der Waals surface area contributed by atoms with Crippen molar-refractivity contribution in [1.82, 2.24) is 10.2 Å². The molecule has 128 valence electrons. The summed E-state index contributed by atoms with van der Waals surface area (Å²) >= 11 is 0. The molecule has 1 amide bonds. The van der Waals surface area contributed by atoms with E-state index < -0.39 is 0 Å². The number of nitrogens with zero attached hydrogens (tertiary/aromatic N) is 1. The highest BCUT2D eigenvalue weighted by Gasteiger charge is 2.38. The maximum absolute atomic E-state index is 13.3. The molecular formula is C18H26ClFN2O. The molecule has 1 spiro atoms. The van der Waals surface area contributed by atoms with Gasteiger partial charge in [-0.1, -0.05) is 19.1 Å². The molecule has 23 heavy (non-hydrogen) atoms. The molecule has 0 saturated carbocycles. The molecule has 0 aliphatic carbocycles. The molecule has 3 nitrogen and oxygen atoms in total. The van der Waals surface area contributed by atoms with Crippen LogP contribution in [0.15, 0.2) is 24.3 Å². The lowest BCUT2D eigenvalue weighted by Crippen LogP contribution is -2.44. The lowest BCUT2D eigenvalue weighted by atomic mass is 9.77. The first kappa shape index (κ1) is 18.2. The summed E-state index contributed by atoms with van der Waals surface area (Å²) in [6.45, 7) is 5.96. The van der Waals surface area contributed by atoms with Crippen LogP contribution in [0.4, 0.5) is 4.39 Å². The van der Waals surface area contributed by atoms with Crippen LogP contribution < -0.4 is 5.32 Å². The van der Waals surface area contributed by atoms with Gasteiger partial charge in [0.25, 0.3) is 0 Å². The van der Waals surface area contributed by atoms with Gasteiger partial charge in [0, 0.05) is 26.1 Å². The smallest absolute Gasteiger partial charge is 0.223 e. The van der Waals surface area contributed by atoms with E-state index in [1.165, 1.54) is 18.6 Å². The van der Waals surface area contributed by atoms with Crippen molar-refractivity contribution in [2.75, 3.05) is 26.2 Å². The molecule has 2 aliphatic rings. The minimum Gasteiger partial charge on any atom is -0.343 e. The minimum atomic E-state index is -0.231. The lowest BCUT2D eigenvalue weighted by molar-refractivity contribution is -0.133. The number of piperidine rings is 1. The van der Waals surface area contributed by atoms with Crippen LogP contribution in [-0.4, -0.2) is 37.0 Å². The highest BCUT2D eigenvalue weighted by molar-refractivity contribution is 5.85. The van der Waals surface area contributed by atoms with Crippen molar-refractivity contribution in [3.05, 3.63) is 35.6 Å². The fourth-order valence-electron chi connectivity index (χ4n) is 3.77. The summed E-state index contributed by atoms with van der Waals surface area (Å²) in [5.74, 6) is 0.0373. The molecular weight excluding hydrogens is 315 g/mol. The number of amides is 1. The molecule has 2 saturated heterocycles. The van der Waals surface area contributed by atoms with Gasteiger partial charge in [0.2, 0.25) is 5.91 Å². The van der Waals surface area contributed by atoms with Gasteiger partial charge in [-0.2, -0.15) is 0 Å². The molecule has 5 heteroatoms. The SMILES string of the molecule is CC(CC(=O)N1CCC2(CCNC2)CC1)c1cccc(F)c1.Cl. The standard InChI is InChI=1S/C18H25FN2O.ClH/c1-14(15-3-2-4-16(19)12-15)11-17(22)21-9-6-18(7-10-21)5-8-20-13-18;/h2-4,12,14,20H,5-11,13H2,1H3;1H. The molecule has 0 aromatic heterocycles. The highest BCUT2D eigenvalue weighted by Crippen LogP contribution is 2.37. The summed E-state index contributed by atoms with van der Waals surface area (Å²) in [6.07, 6.45) is 3.93. The number of hydrogen-bond acceptors (Lipinski definition) is 2. The number of hydrogen-bond donors (Lipinski definition) is 1. The topological polar surface area (TPSA) is 32.3 Å². The average molecular weight is 341 g/mol. The Morgan fingerprint density at radius 2 is 2.09 bits per heavy atom. The normalized spacial score (nSPS) is 21.0. The number of likely N-dealkylation sites (tertiary alicyclic amines) is 1. The Morgan fingerprint density at radius 3 is 2.70 bits per heavy atom. The monoisotopic (exact) mass is 340 g/mol. The fourth-order valence-corrected chi connectivity index (χ4v) is 3.77. The molecule has 0 bridgehead atoms. The Morgan fingerprint density at radius 1 is 1.35 bits per heavy atom. The zero-order valence-corrected chi connectivity index (χ0v) is 14.5. The third-order valence-electron chi connectivity index (χ3n) is 5.41. The minimum absolute atomic E-state index is 0. The third kappa shape index (κ3) is 4.24. The maximum Gasteiger partial charge on any atom is 0.223 e. The number of nitrogens with one attached hydrogen (secondary N) is 1. The van der Waals surface area contributed by atoms with Crippen LogP contribution in [0.2, 0.25) is 0 Å². The largest absolute Gasteiger partial charge is 0.343 e. The molecule has 3 rings (SSSR count). The van der Waals surface area contributed by atoms with Crippen LogP contribution in [0.25, 0.3) is 0 Å². The van der Waals surface area contributed by atoms with Crippen molar-refractivity contribution >= 4 is 18.3 Å². The highest BCUT2D eigenvalue weighted by atomic mass is 35.5. The molecule has 0 radical (unpaired) electrons. The zero-order valence-electron chi connectivity index (χ0n) is 13.7. The first-order valence-electron chi connectivity index (χ1n) is 8.32. The van der Waals surface area contributed by atoms with Crippen molar-refractivity contribution in [3.8, 4) is 0 Å². The number of benzene rings is 1. The van der Waals surface area contributed by atoms with Crippen molar-refractivity contribution in [2.24, 2.45) is 5.41 Å². The van der Waals surface area contributed by atoms with Gasteiger partial charge in [-0.25, -0.2) is 4.39 Å². The number of carbonyl (C=O) groups excluding carboxylic acids is 1. The average Bonchev–Trinajstić information content (AvgIpc) is 2.96. The van der Waals surface area contributed by atoms with Gasteiger partial charge in [0.1, 0.15) is 5.82 Å². The van der Waals surface area contributed by atoms with Gasteiger partial charge in [0.05, 0.1) is 0 Å². The predicted molar refractivity (Wildman–Crippen MR) is 92.4 cm³/mol. The van der Waals surface area contributed by atoms with Gasteiger partial charge in [0.15, 0.2) is 0 Å². The molecule has 2 heterocycles. The summed E-state index contributed by atoms with van der Waals surface area (Å²) in [6, 6.07) is 6.59. The first-order chi connectivity index (χ1) is 10.6. The Bertz CT molecular complexity index is 536. The van der Waals surface area contributed by atoms with Crippen molar-refractivity contribution in [2.45, 2.75) is 38.5 Å². The van der Waals surface area contributed by atoms with Crippen molar-refractivity contribution < 1.29 is 9.18 Å². The van der Waals surface area contributed by atoms with E-state index in [2.05, 4.69) is 5.32 Å². The van der Waals surface area contributed by atoms with E-state index in [-0.39, 0.29) is 30.0 Å². The quantitative estimate of drug-likeness (QED) is 0.915. The lowest BCUT2D eigenvalue weighted by Gasteiger charge is -2.39. The summed E-state index contributed by atoms with van der Waals surface area (Å²) in [7, 11) is 0. The van der Waals surface area contributed by atoms with E-state index in [1.54, 1.807) is 6.07 Å². The number of rotatable bonds is 3. The molecule has 1 aromatic rings. The van der Waals surface area contributed by atoms with Crippen molar-refractivity contribution in [3.63, 3.8) is 0 Å². The van der Waals surface area contributed by atoms with Crippen molar-refractivity contribution in [1.29, 1.82) is 0 Å². The van der Waals surface area contributed by atoms with E-state index in [4.69, 9.17) is 0 Å². The fraction of sp³-hybridized carbons (Fsp3) is 0.611. The maximum atomic E-state index is 13.3. The summed E-state index contributed by atoms with van der Waals surface area (Å²) in [5, 5.41) is 3.45. The molecule has 1 atom stereocenters. The van der Waals surface area contributed by atoms with Crippen LogP contribution in [0, 0.1) is 11.2 Å². The summed E-state index contributed by atoms with van der Waals surface area (Å²) < 4.78 is 13.3. The van der Waals surface area contributed by atoms with Gasteiger partial charge in [-0.3, -0.25) is 4.79 Å². The van der Waals surface area contributed by atoms with Crippen LogP contribution in [0.1, 0.15) is 44.1 Å². The molecule has 1 unspecified atom stereocenters. The Balaban J connectivity index is 0.00000192. The van der Waals surface area contributed by atoms with E-state index in [0.717, 1.165) is 44.6 Å². The molecule has 1 N–H and O–H groups in total. The Kier molecular flexibility index (Phi) is 6.04. The second kappa shape index (κ2) is 7.63. The van der Waals surface area contributed by atoms with E-state index in [0.29, 0.717) is 11.8 Å². The Labute approximate surface area is 144 Å². The summed E-state index contributed by atoms with van der Waals surface area (Å²) in [5.41, 5.74) is 1.34. The third-order valence-corrected chi connectivity index (χ3v) is 5.41. The number of halogens is 2. The number of carbonyl (C=O) groups is 1. The van der Waals surface area contributed by atoms with Crippen LogP contribution in [0.5, 0.6) is 0 Å². The van der Waals surface area contributed by atoms with E-state index in [1.807, 2.05) is 17.9 Å². The molecule has 2 fully saturated rings. The van der Waals surface area contributed by atoms with E-state index in [9.17, 15) is 9.18 Å². The first-order valence-corrected chi connectivity index (χ1v) is 8.32. The Hall–Kier alpha value is -1.13. The van der Waals surface area contributed by atoms with Gasteiger partial charge < -0.3 is 10.2 Å². The predicted octanol–water partition coefficient (Wildman–Crippen LogP) is 3.34. The molecule has 2 aliphatic heterocycles. The summed E-state index contributed by atoms with van der Waals surface area (Å²) in [4.78, 5) is 14.5. The second-order valence-corrected chi connectivity index (χ2v) is 6.97. The van der Waals surface area contributed by atoms with Gasteiger partial charge >= 0.3 is 0 Å². The van der Waals surface area contributed by atoms with Crippen LogP contribution in [0.3, 0.4) is 0 Å². The molecule has 1 aromatic carbocycles. The van der Waals surface area contributed by atoms with Gasteiger partial charge in [-0.15, -0.1) is 12.4 Å². The second-order valence-electron chi connectivity index (χ2n) is 6.97. The van der Waals surface area contributed by atoms with Gasteiger partial charge in [-0.05, 0) is 54.8 Å². The van der Waals surface area contributed by atoms with Crippen LogP contribution in [-0.2, 0) is 4.79 Å². The zero-order chi connectivity index (χ0) is 15.6.